The molecule has 3 unspecified atom stereocenters. The Morgan fingerprint density at radius 1 is 1.00 bits per heavy atom. The minimum absolute atomic E-state index is 0.247. The molecule has 2 nitrogen and oxygen atoms in total. The Morgan fingerprint density at radius 3 is 2.05 bits per heavy atom. The first-order valence-electron chi connectivity index (χ1n) is 8.25. The molecule has 0 amide bonds. The van der Waals surface area contributed by atoms with E-state index in [1.165, 1.54) is 38.8 Å². The maximum absolute atomic E-state index is 6.17. The van der Waals surface area contributed by atoms with Gasteiger partial charge in [-0.2, -0.15) is 0 Å². The molecule has 0 aromatic heterocycles. The molecule has 0 aromatic rings. The van der Waals surface area contributed by atoms with Gasteiger partial charge in [0.15, 0.2) is 0 Å². The second kappa shape index (κ2) is 5.37. The van der Waals surface area contributed by atoms with E-state index in [9.17, 15) is 0 Å². The number of epoxide rings is 1. The van der Waals surface area contributed by atoms with Crippen molar-refractivity contribution in [1.29, 1.82) is 0 Å². The standard InChI is InChI=1S/C17H33NO/c1-7-16(4,5)14-15(19-14)17(6,8-2)18-11-9-13(3)10-12-18/h13-15H,7-12H2,1-6H3. The van der Waals surface area contributed by atoms with Crippen molar-refractivity contribution in [3.05, 3.63) is 0 Å². The molecule has 2 rings (SSSR count). The fourth-order valence-corrected chi connectivity index (χ4v) is 3.50. The zero-order chi connectivity index (χ0) is 14.3. The van der Waals surface area contributed by atoms with Gasteiger partial charge in [0.05, 0.1) is 6.10 Å². The summed E-state index contributed by atoms with van der Waals surface area (Å²) in [7, 11) is 0. The molecule has 2 saturated heterocycles. The summed E-state index contributed by atoms with van der Waals surface area (Å²) in [5.41, 5.74) is 0.571. The Balaban J connectivity index is 2.04. The van der Waals surface area contributed by atoms with Crippen molar-refractivity contribution in [2.75, 3.05) is 13.1 Å². The van der Waals surface area contributed by atoms with Crippen LogP contribution in [0.25, 0.3) is 0 Å². The predicted molar refractivity (Wildman–Crippen MR) is 81.4 cm³/mol. The van der Waals surface area contributed by atoms with Gasteiger partial charge in [-0.25, -0.2) is 0 Å². The molecule has 2 fully saturated rings. The van der Waals surface area contributed by atoms with E-state index < -0.39 is 0 Å². The quantitative estimate of drug-likeness (QED) is 0.697. The van der Waals surface area contributed by atoms with Gasteiger partial charge in [-0.1, -0.05) is 34.6 Å². The van der Waals surface area contributed by atoms with Gasteiger partial charge >= 0.3 is 0 Å². The van der Waals surface area contributed by atoms with Gasteiger partial charge in [-0.15, -0.1) is 0 Å². The molecule has 3 atom stereocenters. The number of hydrogen-bond donors (Lipinski definition) is 0. The lowest BCUT2D eigenvalue weighted by molar-refractivity contribution is 0.0392. The second-order valence-corrected chi connectivity index (χ2v) is 7.70. The van der Waals surface area contributed by atoms with E-state index in [2.05, 4.69) is 46.4 Å². The van der Waals surface area contributed by atoms with Crippen LogP contribution in [0.3, 0.4) is 0 Å². The third-order valence-corrected chi connectivity index (χ3v) is 6.01. The van der Waals surface area contributed by atoms with E-state index in [0.717, 1.165) is 5.92 Å². The summed E-state index contributed by atoms with van der Waals surface area (Å²) >= 11 is 0. The Hall–Kier alpha value is -0.0800. The molecular weight excluding hydrogens is 234 g/mol. The van der Waals surface area contributed by atoms with Crippen molar-refractivity contribution in [1.82, 2.24) is 4.90 Å². The maximum Gasteiger partial charge on any atom is 0.103 e. The zero-order valence-corrected chi connectivity index (χ0v) is 13.8. The van der Waals surface area contributed by atoms with Crippen molar-refractivity contribution >= 4 is 0 Å². The lowest BCUT2D eigenvalue weighted by Crippen LogP contribution is -2.54. The van der Waals surface area contributed by atoms with E-state index in [0.29, 0.717) is 17.6 Å². The highest BCUT2D eigenvalue weighted by Gasteiger charge is 2.58. The number of rotatable bonds is 5. The number of hydrogen-bond acceptors (Lipinski definition) is 2. The van der Waals surface area contributed by atoms with Gasteiger partial charge in [-0.3, -0.25) is 4.90 Å². The molecule has 0 spiro atoms. The molecule has 2 heterocycles. The Kier molecular flexibility index (Phi) is 4.32. The highest BCUT2D eigenvalue weighted by atomic mass is 16.6. The summed E-state index contributed by atoms with van der Waals surface area (Å²) in [6.07, 6.45) is 6.00. The first-order chi connectivity index (χ1) is 8.85. The molecule has 2 aliphatic heterocycles. The minimum Gasteiger partial charge on any atom is -0.367 e. The average Bonchev–Trinajstić information content (AvgIpc) is 3.20. The first-order valence-corrected chi connectivity index (χ1v) is 8.25. The van der Waals surface area contributed by atoms with Gasteiger partial charge in [0.25, 0.3) is 0 Å². The van der Waals surface area contributed by atoms with E-state index in [1.807, 2.05) is 0 Å². The SMILES string of the molecule is CCC(C)(C)C1OC1C(C)(CC)N1CCC(C)CC1. The number of ether oxygens (including phenoxy) is 1. The number of likely N-dealkylation sites (tertiary alicyclic amines) is 1. The highest BCUT2D eigenvalue weighted by Crippen LogP contribution is 2.48. The van der Waals surface area contributed by atoms with Gasteiger partial charge in [0.2, 0.25) is 0 Å². The molecule has 0 N–H and O–H groups in total. The summed E-state index contributed by atoms with van der Waals surface area (Å²) in [5.74, 6) is 0.903. The maximum atomic E-state index is 6.17. The van der Waals surface area contributed by atoms with Crippen LogP contribution in [-0.2, 0) is 4.74 Å². The lowest BCUT2D eigenvalue weighted by atomic mass is 9.78. The van der Waals surface area contributed by atoms with Gasteiger partial charge in [0, 0.05) is 5.54 Å². The van der Waals surface area contributed by atoms with Crippen LogP contribution in [-0.4, -0.2) is 35.7 Å². The predicted octanol–water partition coefficient (Wildman–Crippen LogP) is 4.09. The summed E-state index contributed by atoms with van der Waals surface area (Å²) < 4.78 is 6.17. The fourth-order valence-electron chi connectivity index (χ4n) is 3.50. The Labute approximate surface area is 119 Å². The van der Waals surface area contributed by atoms with Crippen LogP contribution in [0, 0.1) is 11.3 Å². The largest absolute Gasteiger partial charge is 0.367 e. The third kappa shape index (κ3) is 2.85. The molecule has 2 aliphatic rings. The molecule has 112 valence electrons. The molecule has 0 bridgehead atoms. The summed E-state index contributed by atoms with van der Waals surface area (Å²) in [5, 5.41) is 0. The van der Waals surface area contributed by atoms with Gasteiger partial charge in [-0.05, 0) is 57.0 Å². The van der Waals surface area contributed by atoms with Crippen molar-refractivity contribution in [2.24, 2.45) is 11.3 Å². The van der Waals surface area contributed by atoms with Crippen molar-refractivity contribution in [3.63, 3.8) is 0 Å². The molecule has 0 radical (unpaired) electrons. The minimum atomic E-state index is 0.247. The van der Waals surface area contributed by atoms with Crippen LogP contribution >= 0.6 is 0 Å². The average molecular weight is 267 g/mol. The molecular formula is C17H33NO. The van der Waals surface area contributed by atoms with Crippen LogP contribution in [0.1, 0.15) is 67.2 Å². The summed E-state index contributed by atoms with van der Waals surface area (Å²) in [6.45, 7) is 16.6. The van der Waals surface area contributed by atoms with Crippen LogP contribution in [0.2, 0.25) is 0 Å². The summed E-state index contributed by atoms with van der Waals surface area (Å²) in [4.78, 5) is 2.71. The van der Waals surface area contributed by atoms with Crippen LogP contribution in [0.5, 0.6) is 0 Å². The second-order valence-electron chi connectivity index (χ2n) is 7.70. The molecule has 2 heteroatoms. The molecule has 0 aromatic carbocycles. The van der Waals surface area contributed by atoms with E-state index >= 15 is 0 Å². The van der Waals surface area contributed by atoms with Crippen LogP contribution in [0.15, 0.2) is 0 Å². The van der Waals surface area contributed by atoms with Crippen LogP contribution < -0.4 is 0 Å². The smallest absolute Gasteiger partial charge is 0.103 e. The van der Waals surface area contributed by atoms with E-state index in [-0.39, 0.29) is 5.54 Å². The fraction of sp³-hybridized carbons (Fsp3) is 1.00. The van der Waals surface area contributed by atoms with Crippen molar-refractivity contribution < 1.29 is 4.74 Å². The highest BCUT2D eigenvalue weighted by molar-refractivity contribution is 5.09. The lowest BCUT2D eigenvalue weighted by Gasteiger charge is -2.44. The van der Waals surface area contributed by atoms with Crippen LogP contribution in [0.4, 0.5) is 0 Å². The Bertz CT molecular complexity index is 306. The van der Waals surface area contributed by atoms with Crippen molar-refractivity contribution in [3.8, 4) is 0 Å². The van der Waals surface area contributed by atoms with Gasteiger partial charge < -0.3 is 4.74 Å². The topological polar surface area (TPSA) is 15.8 Å². The Morgan fingerprint density at radius 2 is 1.58 bits per heavy atom. The summed E-state index contributed by atoms with van der Waals surface area (Å²) in [6, 6.07) is 0. The first kappa shape index (κ1) is 15.3. The molecule has 19 heavy (non-hydrogen) atoms. The van der Waals surface area contributed by atoms with Gasteiger partial charge in [0.1, 0.15) is 6.10 Å². The number of nitrogens with zero attached hydrogens (tertiary/aromatic N) is 1. The molecule has 0 saturated carbocycles. The third-order valence-electron chi connectivity index (χ3n) is 6.01. The normalized spacial score (nSPS) is 33.2. The molecule has 0 aliphatic carbocycles. The van der Waals surface area contributed by atoms with E-state index in [4.69, 9.17) is 4.74 Å². The monoisotopic (exact) mass is 267 g/mol. The van der Waals surface area contributed by atoms with Crippen molar-refractivity contribution in [2.45, 2.75) is 85.0 Å². The number of piperidine rings is 1. The zero-order valence-electron chi connectivity index (χ0n) is 13.8. The van der Waals surface area contributed by atoms with E-state index in [1.54, 1.807) is 0 Å².